The molecule has 10 heavy (non-hydrogen) atoms. The maximum absolute atomic E-state index is 5.26. The van der Waals surface area contributed by atoms with Crippen molar-refractivity contribution in [1.82, 2.24) is 0 Å². The van der Waals surface area contributed by atoms with Crippen LogP contribution in [0.25, 0.3) is 0 Å². The molecule has 0 aromatic rings. The number of hydrogen-bond acceptors (Lipinski definition) is 3. The highest BCUT2D eigenvalue weighted by atomic mass is 16.7. The fraction of sp³-hybridized carbons (Fsp3) is 0.571. The van der Waals surface area contributed by atoms with E-state index in [0.717, 1.165) is 5.90 Å². The van der Waals surface area contributed by atoms with Gasteiger partial charge >= 0.3 is 0 Å². The van der Waals surface area contributed by atoms with Gasteiger partial charge in [0.2, 0.25) is 5.90 Å². The first-order valence-corrected chi connectivity index (χ1v) is 3.37. The van der Waals surface area contributed by atoms with E-state index < -0.39 is 0 Å². The van der Waals surface area contributed by atoms with Gasteiger partial charge in [-0.1, -0.05) is 13.0 Å². The molecule has 3 nitrogen and oxygen atoms in total. The topological polar surface area (TPSA) is 30.8 Å². The van der Waals surface area contributed by atoms with Crippen molar-refractivity contribution in [3.63, 3.8) is 0 Å². The fourth-order valence-corrected chi connectivity index (χ4v) is 1.16. The molecule has 0 aliphatic carbocycles. The minimum absolute atomic E-state index is 0.0741. The molecule has 3 heteroatoms. The maximum atomic E-state index is 5.26. The van der Waals surface area contributed by atoms with Gasteiger partial charge < -0.3 is 9.47 Å². The lowest BCUT2D eigenvalue weighted by Crippen LogP contribution is -2.25. The van der Waals surface area contributed by atoms with Crippen molar-refractivity contribution in [3.05, 3.63) is 12.3 Å². The molecule has 54 valence electrons. The Morgan fingerprint density at radius 1 is 1.70 bits per heavy atom. The van der Waals surface area contributed by atoms with Crippen molar-refractivity contribution < 1.29 is 9.47 Å². The molecular formula is C7H9NO2. The normalized spacial score (nSPS) is 36.7. The lowest BCUT2D eigenvalue weighted by molar-refractivity contribution is 0.0394. The summed E-state index contributed by atoms with van der Waals surface area (Å²) in [7, 11) is 0. The van der Waals surface area contributed by atoms with Crippen molar-refractivity contribution in [1.29, 1.82) is 0 Å². The number of aliphatic imine (C=N–C) groups is 1. The fourth-order valence-electron chi connectivity index (χ4n) is 1.16. The third-order valence-corrected chi connectivity index (χ3v) is 1.77. The predicted molar refractivity (Wildman–Crippen MR) is 36.6 cm³/mol. The molecule has 2 heterocycles. The van der Waals surface area contributed by atoms with E-state index >= 15 is 0 Å². The molecule has 2 atom stereocenters. The summed E-state index contributed by atoms with van der Waals surface area (Å²) in [4.78, 5) is 4.03. The summed E-state index contributed by atoms with van der Waals surface area (Å²) in [5.41, 5.74) is 0. The zero-order chi connectivity index (χ0) is 6.97. The van der Waals surface area contributed by atoms with Crippen LogP contribution in [0.15, 0.2) is 17.3 Å². The first-order chi connectivity index (χ1) is 4.88. The second-order valence-corrected chi connectivity index (χ2v) is 2.52. The second-order valence-electron chi connectivity index (χ2n) is 2.52. The zero-order valence-corrected chi connectivity index (χ0v) is 5.78. The van der Waals surface area contributed by atoms with Crippen LogP contribution in [0.2, 0.25) is 0 Å². The third-order valence-electron chi connectivity index (χ3n) is 1.77. The van der Waals surface area contributed by atoms with Crippen LogP contribution in [0.4, 0.5) is 0 Å². The number of fused-ring (bicyclic) bond motifs is 1. The van der Waals surface area contributed by atoms with E-state index in [0.29, 0.717) is 12.7 Å². The van der Waals surface area contributed by atoms with Gasteiger partial charge in [0.1, 0.15) is 6.10 Å². The van der Waals surface area contributed by atoms with Crippen LogP contribution < -0.4 is 0 Å². The van der Waals surface area contributed by atoms with Gasteiger partial charge in [-0.2, -0.15) is 0 Å². The number of hydrogen-bond donors (Lipinski definition) is 0. The Morgan fingerprint density at radius 2 is 2.60 bits per heavy atom. The first-order valence-electron chi connectivity index (χ1n) is 3.37. The molecule has 2 rings (SSSR count). The van der Waals surface area contributed by atoms with Gasteiger partial charge in [0.25, 0.3) is 0 Å². The molecule has 1 fully saturated rings. The number of rotatable bonds is 0. The highest BCUT2D eigenvalue weighted by Gasteiger charge is 2.30. The van der Waals surface area contributed by atoms with E-state index in [1.807, 2.05) is 6.08 Å². The van der Waals surface area contributed by atoms with Crippen LogP contribution in [0.5, 0.6) is 0 Å². The quantitative estimate of drug-likeness (QED) is 0.499. The lowest BCUT2D eigenvalue weighted by atomic mass is 10.0. The molecule has 2 aliphatic rings. The summed E-state index contributed by atoms with van der Waals surface area (Å²) in [5, 5.41) is 0. The summed E-state index contributed by atoms with van der Waals surface area (Å²) in [6, 6.07) is 0. The van der Waals surface area contributed by atoms with E-state index in [1.54, 1.807) is 6.20 Å². The second kappa shape index (κ2) is 2.09. The molecule has 0 saturated carbocycles. The van der Waals surface area contributed by atoms with Gasteiger partial charge in [0.05, 0.1) is 0 Å². The molecule has 0 spiro atoms. The Morgan fingerprint density at radius 3 is 3.40 bits per heavy atom. The standard InChI is InChI=1S/C7H9NO2/c1-5-2-3-8-7-6(5)9-4-10-7/h2-3,5-6H,4H2,1H3. The molecule has 2 unspecified atom stereocenters. The minimum Gasteiger partial charge on any atom is -0.452 e. The average molecular weight is 139 g/mol. The molecule has 2 aliphatic heterocycles. The summed E-state index contributed by atoms with van der Waals surface area (Å²) < 4.78 is 10.4. The molecule has 1 saturated heterocycles. The van der Waals surface area contributed by atoms with Crippen LogP contribution in [-0.4, -0.2) is 18.8 Å². The van der Waals surface area contributed by atoms with Gasteiger partial charge in [0.15, 0.2) is 6.79 Å². The number of nitrogens with zero attached hydrogens (tertiary/aromatic N) is 1. The Bertz CT molecular complexity index is 198. The summed E-state index contributed by atoms with van der Waals surface area (Å²) >= 11 is 0. The van der Waals surface area contributed by atoms with E-state index in [-0.39, 0.29) is 6.10 Å². The Labute approximate surface area is 59.4 Å². The molecule has 0 radical (unpaired) electrons. The molecular weight excluding hydrogens is 130 g/mol. The summed E-state index contributed by atoms with van der Waals surface area (Å²) in [6.07, 6.45) is 3.86. The minimum atomic E-state index is 0.0741. The molecule has 0 aromatic carbocycles. The smallest absolute Gasteiger partial charge is 0.220 e. The van der Waals surface area contributed by atoms with Crippen LogP contribution in [0.1, 0.15) is 6.92 Å². The summed E-state index contributed by atoms with van der Waals surface area (Å²) in [5.74, 6) is 1.13. The molecule has 0 amide bonds. The average Bonchev–Trinajstić information content (AvgIpc) is 2.36. The van der Waals surface area contributed by atoms with Gasteiger partial charge in [0, 0.05) is 12.1 Å². The van der Waals surface area contributed by atoms with E-state index in [4.69, 9.17) is 9.47 Å². The lowest BCUT2D eigenvalue weighted by Gasteiger charge is -2.14. The van der Waals surface area contributed by atoms with Crippen molar-refractivity contribution in [2.45, 2.75) is 13.0 Å². The van der Waals surface area contributed by atoms with E-state index in [1.165, 1.54) is 0 Å². The predicted octanol–water partition coefficient (Wildman–Crippen LogP) is 0.921. The Kier molecular flexibility index (Phi) is 1.24. The van der Waals surface area contributed by atoms with Gasteiger partial charge in [-0.05, 0) is 0 Å². The largest absolute Gasteiger partial charge is 0.452 e. The highest BCUT2D eigenvalue weighted by Crippen LogP contribution is 2.20. The molecule has 0 N–H and O–H groups in total. The van der Waals surface area contributed by atoms with E-state index in [9.17, 15) is 0 Å². The summed E-state index contributed by atoms with van der Waals surface area (Å²) in [6.45, 7) is 2.44. The van der Waals surface area contributed by atoms with Gasteiger partial charge in [-0.25, -0.2) is 4.99 Å². The highest BCUT2D eigenvalue weighted by molar-refractivity contribution is 5.83. The Hall–Kier alpha value is -0.830. The van der Waals surface area contributed by atoms with E-state index in [2.05, 4.69) is 11.9 Å². The van der Waals surface area contributed by atoms with Crippen LogP contribution in [-0.2, 0) is 9.47 Å². The molecule has 0 aromatic heterocycles. The van der Waals surface area contributed by atoms with Gasteiger partial charge in [-0.15, -0.1) is 0 Å². The van der Waals surface area contributed by atoms with Crippen LogP contribution in [0, 0.1) is 5.92 Å². The van der Waals surface area contributed by atoms with Crippen LogP contribution in [0.3, 0.4) is 0 Å². The molecule has 0 bridgehead atoms. The van der Waals surface area contributed by atoms with Crippen molar-refractivity contribution in [3.8, 4) is 0 Å². The number of ether oxygens (including phenoxy) is 2. The first kappa shape index (κ1) is 5.92. The maximum Gasteiger partial charge on any atom is 0.220 e. The third kappa shape index (κ3) is 0.743. The van der Waals surface area contributed by atoms with Gasteiger partial charge in [-0.3, -0.25) is 0 Å². The SMILES string of the molecule is CC1C=CN=C2OCOC21. The van der Waals surface area contributed by atoms with Crippen LogP contribution >= 0.6 is 0 Å². The van der Waals surface area contributed by atoms with Crippen molar-refractivity contribution in [2.75, 3.05) is 6.79 Å². The Balaban J connectivity index is 2.25. The van der Waals surface area contributed by atoms with Crippen molar-refractivity contribution in [2.24, 2.45) is 10.9 Å². The van der Waals surface area contributed by atoms with Crippen molar-refractivity contribution >= 4 is 5.90 Å². The zero-order valence-electron chi connectivity index (χ0n) is 5.78. The monoisotopic (exact) mass is 139 g/mol.